The van der Waals surface area contributed by atoms with E-state index >= 15 is 0 Å². The molecule has 0 spiro atoms. The zero-order chi connectivity index (χ0) is 20.9. The summed E-state index contributed by atoms with van der Waals surface area (Å²) in [5, 5.41) is 0.875. The largest absolute Gasteiger partial charge is 0.497 e. The second kappa shape index (κ2) is 8.92. The molecule has 30 heavy (non-hydrogen) atoms. The van der Waals surface area contributed by atoms with Crippen LogP contribution in [-0.2, 0) is 11.3 Å². The number of para-hydroxylation sites is 1. The van der Waals surface area contributed by atoms with E-state index in [0.717, 1.165) is 35.3 Å². The van der Waals surface area contributed by atoms with Crippen LogP contribution >= 0.6 is 0 Å². The van der Waals surface area contributed by atoms with Gasteiger partial charge in [0, 0.05) is 37.6 Å². The van der Waals surface area contributed by atoms with Gasteiger partial charge in [0.05, 0.1) is 19.2 Å². The minimum absolute atomic E-state index is 0.0173. The van der Waals surface area contributed by atoms with E-state index in [-0.39, 0.29) is 5.91 Å². The van der Waals surface area contributed by atoms with Gasteiger partial charge < -0.3 is 15.4 Å². The predicted molar refractivity (Wildman–Crippen MR) is 118 cm³/mol. The standard InChI is InChI=1S/C23H25N5O2/c1-30-18-6-4-5-17(15-18)9-10-22(29)28-13-11-27(12-14-28)16-21-25-20-8-3-2-7-19(20)23(24)26-21/h2-10,15H,11-14,16H2,1H3,(H2,24,25,26)/b10-9+. The normalized spacial score (nSPS) is 15.0. The van der Waals surface area contributed by atoms with Crippen molar-refractivity contribution in [2.75, 3.05) is 39.0 Å². The number of carbonyl (C=O) groups is 1. The molecule has 7 nitrogen and oxygen atoms in total. The van der Waals surface area contributed by atoms with Gasteiger partial charge in [-0.25, -0.2) is 9.97 Å². The van der Waals surface area contributed by atoms with E-state index in [9.17, 15) is 4.79 Å². The van der Waals surface area contributed by atoms with E-state index in [1.165, 1.54) is 0 Å². The number of hydrogen-bond acceptors (Lipinski definition) is 6. The van der Waals surface area contributed by atoms with Gasteiger partial charge >= 0.3 is 0 Å². The molecule has 0 saturated carbocycles. The third-order valence-electron chi connectivity index (χ3n) is 5.24. The van der Waals surface area contributed by atoms with Crippen LogP contribution in [-0.4, -0.2) is 59.0 Å². The van der Waals surface area contributed by atoms with Crippen molar-refractivity contribution in [2.45, 2.75) is 6.54 Å². The lowest BCUT2D eigenvalue weighted by atomic mass is 10.2. The second-order valence-electron chi connectivity index (χ2n) is 7.25. The highest BCUT2D eigenvalue weighted by molar-refractivity contribution is 5.92. The minimum atomic E-state index is 0.0173. The Balaban J connectivity index is 1.33. The van der Waals surface area contributed by atoms with E-state index in [1.54, 1.807) is 13.2 Å². The molecule has 154 valence electrons. The smallest absolute Gasteiger partial charge is 0.246 e. The van der Waals surface area contributed by atoms with Gasteiger partial charge in [-0.1, -0.05) is 24.3 Å². The van der Waals surface area contributed by atoms with Crippen molar-refractivity contribution in [3.05, 3.63) is 66.0 Å². The molecule has 3 aromatic rings. The molecular weight excluding hydrogens is 378 g/mol. The highest BCUT2D eigenvalue weighted by Gasteiger charge is 2.20. The number of nitrogens with two attached hydrogens (primary N) is 1. The SMILES string of the molecule is COc1cccc(/C=C/C(=O)N2CCN(Cc3nc(N)c4ccccc4n3)CC2)c1. The number of nitrogens with zero attached hydrogens (tertiary/aromatic N) is 4. The van der Waals surface area contributed by atoms with Crippen LogP contribution in [0.4, 0.5) is 5.82 Å². The number of methoxy groups -OCH3 is 1. The summed E-state index contributed by atoms with van der Waals surface area (Å²) < 4.78 is 5.22. The molecule has 0 aliphatic carbocycles. The predicted octanol–water partition coefficient (Wildman–Crippen LogP) is 2.58. The number of fused-ring (bicyclic) bond motifs is 1. The zero-order valence-corrected chi connectivity index (χ0v) is 17.0. The minimum Gasteiger partial charge on any atom is -0.497 e. The van der Waals surface area contributed by atoms with Crippen molar-refractivity contribution < 1.29 is 9.53 Å². The maximum Gasteiger partial charge on any atom is 0.246 e. The summed E-state index contributed by atoms with van der Waals surface area (Å²) in [6.45, 7) is 3.51. The molecule has 0 atom stereocenters. The quantitative estimate of drug-likeness (QED) is 0.659. The second-order valence-corrected chi connectivity index (χ2v) is 7.25. The van der Waals surface area contributed by atoms with Gasteiger partial charge in [0.1, 0.15) is 17.4 Å². The van der Waals surface area contributed by atoms with Crippen molar-refractivity contribution in [3.8, 4) is 5.75 Å². The van der Waals surface area contributed by atoms with E-state index in [0.29, 0.717) is 31.3 Å². The van der Waals surface area contributed by atoms with Gasteiger partial charge in [0.2, 0.25) is 5.91 Å². The van der Waals surface area contributed by atoms with Gasteiger partial charge in [-0.2, -0.15) is 0 Å². The van der Waals surface area contributed by atoms with Crippen LogP contribution in [0.3, 0.4) is 0 Å². The molecule has 7 heteroatoms. The molecule has 1 aliphatic rings. The maximum absolute atomic E-state index is 12.5. The average molecular weight is 403 g/mol. The Kier molecular flexibility index (Phi) is 5.90. The van der Waals surface area contributed by atoms with Crippen LogP contribution in [0.2, 0.25) is 0 Å². The Morgan fingerprint density at radius 1 is 1.10 bits per heavy atom. The molecule has 0 radical (unpaired) electrons. The molecule has 2 N–H and O–H groups in total. The molecule has 1 saturated heterocycles. The molecule has 4 rings (SSSR count). The Morgan fingerprint density at radius 2 is 1.90 bits per heavy atom. The number of carbonyl (C=O) groups excluding carboxylic acids is 1. The lowest BCUT2D eigenvalue weighted by Gasteiger charge is -2.33. The van der Waals surface area contributed by atoms with Crippen molar-refractivity contribution >= 4 is 28.7 Å². The van der Waals surface area contributed by atoms with Crippen LogP contribution in [0.25, 0.3) is 17.0 Å². The molecule has 2 heterocycles. The number of nitrogen functional groups attached to an aromatic ring is 1. The average Bonchev–Trinajstić information content (AvgIpc) is 2.78. The number of amides is 1. The fourth-order valence-corrected chi connectivity index (χ4v) is 3.57. The summed E-state index contributed by atoms with van der Waals surface area (Å²) in [5.74, 6) is 2.01. The lowest BCUT2D eigenvalue weighted by Crippen LogP contribution is -2.48. The Labute approximate surface area is 175 Å². The fourth-order valence-electron chi connectivity index (χ4n) is 3.57. The van der Waals surface area contributed by atoms with E-state index < -0.39 is 0 Å². The Morgan fingerprint density at radius 3 is 2.70 bits per heavy atom. The number of piperazine rings is 1. The number of aromatic nitrogens is 2. The van der Waals surface area contributed by atoms with Crippen LogP contribution in [0, 0.1) is 0 Å². The molecule has 1 aromatic heterocycles. The first-order valence-electron chi connectivity index (χ1n) is 9.97. The van der Waals surface area contributed by atoms with Crippen LogP contribution in [0.1, 0.15) is 11.4 Å². The summed E-state index contributed by atoms with van der Waals surface area (Å²) in [4.78, 5) is 25.7. The highest BCUT2D eigenvalue weighted by Crippen LogP contribution is 2.18. The molecule has 2 aromatic carbocycles. The van der Waals surface area contributed by atoms with Gasteiger partial charge in [-0.3, -0.25) is 9.69 Å². The summed E-state index contributed by atoms with van der Waals surface area (Å²) in [5.41, 5.74) is 7.88. The van der Waals surface area contributed by atoms with E-state index in [2.05, 4.69) is 14.9 Å². The van der Waals surface area contributed by atoms with E-state index in [4.69, 9.17) is 10.5 Å². The third-order valence-corrected chi connectivity index (χ3v) is 5.24. The van der Waals surface area contributed by atoms with Crippen molar-refractivity contribution in [3.63, 3.8) is 0 Å². The van der Waals surface area contributed by atoms with Crippen molar-refractivity contribution in [1.82, 2.24) is 19.8 Å². The van der Waals surface area contributed by atoms with Crippen LogP contribution in [0.5, 0.6) is 5.75 Å². The van der Waals surface area contributed by atoms with Gasteiger partial charge in [0.25, 0.3) is 0 Å². The van der Waals surface area contributed by atoms with Crippen molar-refractivity contribution in [1.29, 1.82) is 0 Å². The topological polar surface area (TPSA) is 84.6 Å². The number of anilines is 1. The first-order chi connectivity index (χ1) is 14.6. The highest BCUT2D eigenvalue weighted by atomic mass is 16.5. The first-order valence-corrected chi connectivity index (χ1v) is 9.97. The summed E-state index contributed by atoms with van der Waals surface area (Å²) in [6.07, 6.45) is 3.44. The van der Waals surface area contributed by atoms with Gasteiger partial charge in [-0.05, 0) is 35.9 Å². The summed E-state index contributed by atoms with van der Waals surface area (Å²) in [6, 6.07) is 15.4. The number of ether oxygens (including phenoxy) is 1. The van der Waals surface area contributed by atoms with Crippen LogP contribution in [0.15, 0.2) is 54.6 Å². The Hall–Kier alpha value is -3.45. The molecular formula is C23H25N5O2. The third kappa shape index (κ3) is 4.58. The number of benzene rings is 2. The number of rotatable bonds is 5. The lowest BCUT2D eigenvalue weighted by molar-refractivity contribution is -0.127. The van der Waals surface area contributed by atoms with Gasteiger partial charge in [-0.15, -0.1) is 0 Å². The summed E-state index contributed by atoms with van der Waals surface area (Å²) in [7, 11) is 1.63. The Bertz CT molecular complexity index is 1070. The molecule has 1 fully saturated rings. The molecule has 0 bridgehead atoms. The van der Waals surface area contributed by atoms with Crippen LogP contribution < -0.4 is 10.5 Å². The monoisotopic (exact) mass is 403 g/mol. The zero-order valence-electron chi connectivity index (χ0n) is 17.0. The first kappa shape index (κ1) is 19.8. The van der Waals surface area contributed by atoms with E-state index in [1.807, 2.05) is 59.5 Å². The molecule has 1 aliphatic heterocycles. The maximum atomic E-state index is 12.5. The fraction of sp³-hybridized carbons (Fsp3) is 0.261. The number of hydrogen-bond donors (Lipinski definition) is 1. The molecule has 0 unspecified atom stereocenters. The van der Waals surface area contributed by atoms with Crippen molar-refractivity contribution in [2.24, 2.45) is 0 Å². The van der Waals surface area contributed by atoms with Gasteiger partial charge in [0.15, 0.2) is 0 Å². The summed E-state index contributed by atoms with van der Waals surface area (Å²) >= 11 is 0. The molecule has 1 amide bonds.